The summed E-state index contributed by atoms with van der Waals surface area (Å²) in [7, 11) is -1.25. The standard InChI is InChI=1S/C13H11FINOS/c14-10-3-6-13(12(16)7-10)18(17)8-9-1-4-11(15)5-2-9/h1-7H,8,16H2. The Hall–Kier alpha value is -0.950. The normalized spacial score (nSPS) is 12.3. The molecule has 5 heteroatoms. The fraction of sp³-hybridized carbons (Fsp3) is 0.0769. The lowest BCUT2D eigenvalue weighted by Crippen LogP contribution is -2.01. The van der Waals surface area contributed by atoms with Gasteiger partial charge in [-0.05, 0) is 58.5 Å². The van der Waals surface area contributed by atoms with E-state index in [0.717, 1.165) is 9.13 Å². The van der Waals surface area contributed by atoms with Crippen LogP contribution in [-0.4, -0.2) is 4.21 Å². The zero-order valence-corrected chi connectivity index (χ0v) is 12.4. The van der Waals surface area contributed by atoms with Gasteiger partial charge >= 0.3 is 0 Å². The summed E-state index contributed by atoms with van der Waals surface area (Å²) in [5.41, 5.74) is 6.87. The first-order valence-electron chi connectivity index (χ1n) is 5.24. The maximum atomic E-state index is 12.9. The average Bonchev–Trinajstić information content (AvgIpc) is 2.32. The second-order valence-corrected chi connectivity index (χ2v) is 6.46. The highest BCUT2D eigenvalue weighted by Gasteiger charge is 2.09. The highest BCUT2D eigenvalue weighted by Crippen LogP contribution is 2.20. The van der Waals surface area contributed by atoms with Gasteiger partial charge in [0.25, 0.3) is 0 Å². The topological polar surface area (TPSA) is 43.1 Å². The minimum atomic E-state index is -1.25. The van der Waals surface area contributed by atoms with Gasteiger partial charge in [0.1, 0.15) is 5.82 Å². The van der Waals surface area contributed by atoms with Gasteiger partial charge in [0.05, 0.1) is 27.1 Å². The summed E-state index contributed by atoms with van der Waals surface area (Å²) < 4.78 is 26.2. The Balaban J connectivity index is 2.19. The molecule has 1 unspecified atom stereocenters. The minimum absolute atomic E-state index is 0.235. The number of rotatable bonds is 3. The highest BCUT2D eigenvalue weighted by molar-refractivity contribution is 14.1. The molecule has 2 aromatic rings. The smallest absolute Gasteiger partial charge is 0.125 e. The van der Waals surface area contributed by atoms with Crippen LogP contribution in [0.4, 0.5) is 10.1 Å². The molecular formula is C13H11FINOS. The van der Waals surface area contributed by atoms with Gasteiger partial charge in [-0.3, -0.25) is 4.21 Å². The summed E-state index contributed by atoms with van der Waals surface area (Å²) in [5.74, 6) is -0.0326. The number of hydrogen-bond donors (Lipinski definition) is 1. The van der Waals surface area contributed by atoms with E-state index >= 15 is 0 Å². The van der Waals surface area contributed by atoms with Crippen molar-refractivity contribution in [1.82, 2.24) is 0 Å². The Morgan fingerprint density at radius 1 is 1.17 bits per heavy atom. The molecule has 0 saturated carbocycles. The number of nitrogens with two attached hydrogens (primary N) is 1. The summed E-state index contributed by atoms with van der Waals surface area (Å²) in [5, 5.41) is 0. The van der Waals surface area contributed by atoms with Crippen LogP contribution in [0.5, 0.6) is 0 Å². The van der Waals surface area contributed by atoms with E-state index < -0.39 is 16.6 Å². The fourth-order valence-corrected chi connectivity index (χ4v) is 3.09. The third-order valence-corrected chi connectivity index (χ3v) is 4.61. The van der Waals surface area contributed by atoms with Crippen molar-refractivity contribution in [2.24, 2.45) is 0 Å². The Kier molecular flexibility index (Phi) is 4.34. The van der Waals surface area contributed by atoms with Crippen molar-refractivity contribution >= 4 is 39.1 Å². The van der Waals surface area contributed by atoms with Gasteiger partial charge < -0.3 is 5.73 Å². The number of nitrogen functional groups attached to an aromatic ring is 1. The Morgan fingerprint density at radius 2 is 1.83 bits per heavy atom. The number of hydrogen-bond acceptors (Lipinski definition) is 2. The molecule has 0 saturated heterocycles. The van der Waals surface area contributed by atoms with Crippen LogP contribution in [0, 0.1) is 9.39 Å². The van der Waals surface area contributed by atoms with E-state index in [1.54, 1.807) is 0 Å². The maximum absolute atomic E-state index is 12.9. The van der Waals surface area contributed by atoms with Gasteiger partial charge in [-0.15, -0.1) is 0 Å². The van der Waals surface area contributed by atoms with Crippen LogP contribution in [0.25, 0.3) is 0 Å². The Morgan fingerprint density at radius 3 is 2.44 bits per heavy atom. The van der Waals surface area contributed by atoms with Crippen LogP contribution in [0.1, 0.15) is 5.56 Å². The molecule has 0 radical (unpaired) electrons. The molecule has 0 amide bonds. The predicted octanol–water partition coefficient (Wildman–Crippen LogP) is 3.32. The molecule has 18 heavy (non-hydrogen) atoms. The maximum Gasteiger partial charge on any atom is 0.125 e. The van der Waals surface area contributed by atoms with Gasteiger partial charge in [-0.2, -0.15) is 0 Å². The van der Waals surface area contributed by atoms with Gasteiger partial charge in [0.15, 0.2) is 0 Å². The second kappa shape index (κ2) is 5.79. The summed E-state index contributed by atoms with van der Waals surface area (Å²) in [6, 6.07) is 11.7. The van der Waals surface area contributed by atoms with Gasteiger partial charge in [0, 0.05) is 3.57 Å². The zero-order chi connectivity index (χ0) is 13.1. The van der Waals surface area contributed by atoms with Crippen LogP contribution >= 0.6 is 22.6 Å². The highest BCUT2D eigenvalue weighted by atomic mass is 127. The molecule has 0 aliphatic heterocycles. The monoisotopic (exact) mass is 375 g/mol. The lowest BCUT2D eigenvalue weighted by Gasteiger charge is -2.06. The molecule has 0 fully saturated rings. The van der Waals surface area contributed by atoms with E-state index in [4.69, 9.17) is 5.73 Å². The number of anilines is 1. The molecule has 0 bridgehead atoms. The van der Waals surface area contributed by atoms with Crippen LogP contribution in [0.2, 0.25) is 0 Å². The van der Waals surface area contributed by atoms with E-state index in [-0.39, 0.29) is 5.69 Å². The van der Waals surface area contributed by atoms with Crippen LogP contribution in [0.3, 0.4) is 0 Å². The minimum Gasteiger partial charge on any atom is -0.398 e. The van der Waals surface area contributed by atoms with Gasteiger partial charge in [-0.25, -0.2) is 4.39 Å². The van der Waals surface area contributed by atoms with Crippen molar-refractivity contribution in [2.45, 2.75) is 10.6 Å². The Labute approximate surface area is 121 Å². The van der Waals surface area contributed by atoms with Crippen LogP contribution < -0.4 is 5.73 Å². The van der Waals surface area contributed by atoms with Crippen molar-refractivity contribution in [1.29, 1.82) is 0 Å². The predicted molar refractivity (Wildman–Crippen MR) is 80.1 cm³/mol. The molecular weight excluding hydrogens is 364 g/mol. The van der Waals surface area contributed by atoms with Crippen LogP contribution in [-0.2, 0) is 16.6 Å². The van der Waals surface area contributed by atoms with Crippen molar-refractivity contribution in [3.63, 3.8) is 0 Å². The first kappa shape index (κ1) is 13.5. The third kappa shape index (κ3) is 3.29. The largest absolute Gasteiger partial charge is 0.398 e. The first-order valence-corrected chi connectivity index (χ1v) is 7.64. The molecule has 1 atom stereocenters. The van der Waals surface area contributed by atoms with Gasteiger partial charge in [0.2, 0.25) is 0 Å². The molecule has 94 valence electrons. The van der Waals surface area contributed by atoms with Crippen molar-refractivity contribution in [3.8, 4) is 0 Å². The molecule has 2 nitrogen and oxygen atoms in total. The SMILES string of the molecule is Nc1cc(F)ccc1S(=O)Cc1ccc(I)cc1. The molecule has 0 aliphatic carbocycles. The summed E-state index contributed by atoms with van der Waals surface area (Å²) in [6.07, 6.45) is 0. The van der Waals surface area contributed by atoms with Crippen molar-refractivity contribution in [2.75, 3.05) is 5.73 Å². The fourth-order valence-electron chi connectivity index (χ4n) is 1.54. The van der Waals surface area contributed by atoms with E-state index in [9.17, 15) is 8.60 Å². The molecule has 0 aromatic heterocycles. The quantitative estimate of drug-likeness (QED) is 0.661. The summed E-state index contributed by atoms with van der Waals surface area (Å²) in [4.78, 5) is 0.481. The molecule has 2 aromatic carbocycles. The zero-order valence-electron chi connectivity index (χ0n) is 9.40. The number of benzene rings is 2. The molecule has 0 aliphatic rings. The lowest BCUT2D eigenvalue weighted by atomic mass is 10.2. The van der Waals surface area contributed by atoms with E-state index in [0.29, 0.717) is 10.6 Å². The molecule has 0 heterocycles. The number of halogens is 2. The van der Waals surface area contributed by atoms with E-state index in [1.807, 2.05) is 24.3 Å². The third-order valence-electron chi connectivity index (χ3n) is 2.43. The van der Waals surface area contributed by atoms with E-state index in [1.165, 1.54) is 18.2 Å². The lowest BCUT2D eigenvalue weighted by molar-refractivity contribution is 0.627. The second-order valence-electron chi connectivity index (χ2n) is 3.80. The molecule has 2 rings (SSSR count). The van der Waals surface area contributed by atoms with Crippen molar-refractivity contribution < 1.29 is 8.60 Å². The average molecular weight is 375 g/mol. The summed E-state index contributed by atoms with van der Waals surface area (Å²) in [6.45, 7) is 0. The van der Waals surface area contributed by atoms with Gasteiger partial charge in [-0.1, -0.05) is 12.1 Å². The van der Waals surface area contributed by atoms with E-state index in [2.05, 4.69) is 22.6 Å². The molecule has 0 spiro atoms. The summed E-state index contributed by atoms with van der Waals surface area (Å²) >= 11 is 2.21. The van der Waals surface area contributed by atoms with Crippen molar-refractivity contribution in [3.05, 3.63) is 57.4 Å². The van der Waals surface area contributed by atoms with Crippen LogP contribution in [0.15, 0.2) is 47.4 Å². The molecule has 2 N–H and O–H groups in total. The first-order chi connectivity index (χ1) is 8.56. The Bertz CT molecular complexity index is 586.